The number of anilines is 1. The van der Waals surface area contributed by atoms with E-state index in [1.54, 1.807) is 17.0 Å². The molecule has 0 radical (unpaired) electrons. The van der Waals surface area contributed by atoms with Gasteiger partial charge >= 0.3 is 0 Å². The van der Waals surface area contributed by atoms with E-state index in [-0.39, 0.29) is 12.2 Å². The summed E-state index contributed by atoms with van der Waals surface area (Å²) in [6.07, 6.45) is -0.324. The fourth-order valence-corrected chi connectivity index (χ4v) is 5.30. The summed E-state index contributed by atoms with van der Waals surface area (Å²) in [5.74, 6) is -0.389. The van der Waals surface area contributed by atoms with Gasteiger partial charge in [0.25, 0.3) is 5.91 Å². The van der Waals surface area contributed by atoms with E-state index in [2.05, 4.69) is 48.0 Å². The van der Waals surface area contributed by atoms with Crippen molar-refractivity contribution in [2.45, 2.75) is 45.3 Å². The van der Waals surface area contributed by atoms with Gasteiger partial charge in [0.1, 0.15) is 0 Å². The van der Waals surface area contributed by atoms with Crippen LogP contribution in [0.2, 0.25) is 0 Å². The molecule has 36 heavy (non-hydrogen) atoms. The first kappa shape index (κ1) is 24.4. The number of carbonyl (C=O) groups excluding carboxylic acids is 2. The molecule has 0 aromatic heterocycles. The number of rotatable bonds is 6. The maximum absolute atomic E-state index is 13.8. The van der Waals surface area contributed by atoms with E-state index in [0.29, 0.717) is 29.3 Å². The lowest BCUT2D eigenvalue weighted by atomic mass is 9.87. The first-order chi connectivity index (χ1) is 17.2. The molecule has 1 unspecified atom stereocenters. The molecule has 1 atom stereocenters. The number of ketones is 1. The number of Topliss-reactive ketones (excluding diaryl/α,β-unsaturated/α-hetero) is 1. The van der Waals surface area contributed by atoms with Gasteiger partial charge in [-0.25, -0.2) is 0 Å². The zero-order valence-electron chi connectivity index (χ0n) is 20.6. The Kier molecular flexibility index (Phi) is 6.31. The van der Waals surface area contributed by atoms with Crippen LogP contribution in [-0.4, -0.2) is 16.8 Å². The predicted octanol–water partition coefficient (Wildman–Crippen LogP) is 7.04. The zero-order valence-corrected chi connectivity index (χ0v) is 22.2. The van der Waals surface area contributed by atoms with Crippen LogP contribution < -0.4 is 4.90 Å². The Balaban J connectivity index is 1.51. The van der Waals surface area contributed by atoms with Crippen LogP contribution in [0.15, 0.2) is 83.3 Å². The number of fused-ring (bicyclic) bond motifs is 2. The number of amides is 1. The van der Waals surface area contributed by atoms with Crippen molar-refractivity contribution < 1.29 is 14.7 Å². The van der Waals surface area contributed by atoms with Crippen LogP contribution in [0.1, 0.15) is 58.8 Å². The van der Waals surface area contributed by atoms with Crippen LogP contribution in [0.5, 0.6) is 0 Å². The molecular formula is C31H28BrNO3. The van der Waals surface area contributed by atoms with Crippen LogP contribution in [-0.2, 0) is 16.9 Å². The molecule has 0 spiro atoms. The third-order valence-electron chi connectivity index (χ3n) is 7.15. The number of aliphatic hydroxyl groups is 1. The second-order valence-electron chi connectivity index (χ2n) is 9.92. The Bertz CT molecular complexity index is 1510. The standard InChI is InChI=1S/C31H28BrNO3/c1-19(2)22-9-8-20(3)25(14-22)18-33-28-13-12-26(32)16-27(28)31(36,30(33)35)17-29(34)24-11-10-21-6-4-5-7-23(21)15-24/h4-16,19,36H,17-18H2,1-3H3. The van der Waals surface area contributed by atoms with Crippen LogP contribution in [0.3, 0.4) is 0 Å². The van der Waals surface area contributed by atoms with Gasteiger partial charge in [-0.2, -0.15) is 0 Å². The minimum atomic E-state index is -1.94. The van der Waals surface area contributed by atoms with E-state index in [4.69, 9.17) is 0 Å². The van der Waals surface area contributed by atoms with Crippen LogP contribution >= 0.6 is 15.9 Å². The predicted molar refractivity (Wildman–Crippen MR) is 147 cm³/mol. The highest BCUT2D eigenvalue weighted by Gasteiger charge is 2.51. The minimum absolute atomic E-state index is 0.276. The lowest BCUT2D eigenvalue weighted by Gasteiger charge is -2.24. The van der Waals surface area contributed by atoms with Crippen molar-refractivity contribution in [3.63, 3.8) is 0 Å². The summed E-state index contributed by atoms with van der Waals surface area (Å²) in [5.41, 5.74) is 2.92. The van der Waals surface area contributed by atoms with Crippen molar-refractivity contribution in [1.82, 2.24) is 0 Å². The van der Waals surface area contributed by atoms with Gasteiger partial charge in [-0.15, -0.1) is 0 Å². The Morgan fingerprint density at radius 1 is 0.972 bits per heavy atom. The maximum Gasteiger partial charge on any atom is 0.264 e. The quantitative estimate of drug-likeness (QED) is 0.266. The van der Waals surface area contributed by atoms with Gasteiger partial charge in [-0.1, -0.05) is 84.4 Å². The molecule has 4 aromatic carbocycles. The van der Waals surface area contributed by atoms with Gasteiger partial charge in [-0.05, 0) is 64.6 Å². The van der Waals surface area contributed by atoms with Gasteiger partial charge in [-0.3, -0.25) is 9.59 Å². The number of nitrogens with zero attached hydrogens (tertiary/aromatic N) is 1. The number of benzene rings is 4. The first-order valence-electron chi connectivity index (χ1n) is 12.1. The second kappa shape index (κ2) is 9.30. The van der Waals surface area contributed by atoms with Gasteiger partial charge in [0.2, 0.25) is 0 Å². The third-order valence-corrected chi connectivity index (χ3v) is 7.64. The van der Waals surface area contributed by atoms with Crippen LogP contribution in [0.4, 0.5) is 5.69 Å². The number of aryl methyl sites for hydroxylation is 1. The first-order valence-corrected chi connectivity index (χ1v) is 12.9. The van der Waals surface area contributed by atoms with Crippen molar-refractivity contribution >= 4 is 44.1 Å². The van der Waals surface area contributed by atoms with Crippen LogP contribution in [0.25, 0.3) is 10.8 Å². The Morgan fingerprint density at radius 2 is 1.72 bits per heavy atom. The number of hydrogen-bond donors (Lipinski definition) is 1. The molecule has 5 heteroatoms. The van der Waals surface area contributed by atoms with Crippen molar-refractivity contribution in [1.29, 1.82) is 0 Å². The normalized spacial score (nSPS) is 17.2. The van der Waals surface area contributed by atoms with Crippen molar-refractivity contribution in [3.05, 3.63) is 111 Å². The summed E-state index contributed by atoms with van der Waals surface area (Å²) < 4.78 is 0.741. The highest BCUT2D eigenvalue weighted by Crippen LogP contribution is 2.45. The molecule has 1 N–H and O–H groups in total. The molecule has 1 heterocycles. The molecule has 0 saturated carbocycles. The Labute approximate surface area is 219 Å². The molecular weight excluding hydrogens is 514 g/mol. The average Bonchev–Trinajstić information content (AvgIpc) is 3.06. The molecule has 4 nitrogen and oxygen atoms in total. The summed E-state index contributed by atoms with van der Waals surface area (Å²) in [7, 11) is 0. The molecule has 4 aromatic rings. The average molecular weight is 542 g/mol. The fourth-order valence-electron chi connectivity index (χ4n) is 4.94. The van der Waals surface area contributed by atoms with Gasteiger partial charge < -0.3 is 10.0 Å². The van der Waals surface area contributed by atoms with E-state index in [9.17, 15) is 14.7 Å². The lowest BCUT2D eigenvalue weighted by Crippen LogP contribution is -2.41. The molecule has 182 valence electrons. The van der Waals surface area contributed by atoms with Gasteiger partial charge in [0.05, 0.1) is 18.7 Å². The van der Waals surface area contributed by atoms with Gasteiger partial charge in [0.15, 0.2) is 11.4 Å². The molecule has 1 aliphatic heterocycles. The smallest absolute Gasteiger partial charge is 0.264 e. The topological polar surface area (TPSA) is 57.6 Å². The molecule has 0 fully saturated rings. The monoisotopic (exact) mass is 541 g/mol. The van der Waals surface area contributed by atoms with E-state index in [1.165, 1.54) is 5.56 Å². The molecule has 1 aliphatic rings. The van der Waals surface area contributed by atoms with Crippen molar-refractivity contribution in [2.75, 3.05) is 4.90 Å². The summed E-state index contributed by atoms with van der Waals surface area (Å²) in [4.78, 5) is 28.8. The van der Waals surface area contributed by atoms with E-state index in [0.717, 1.165) is 26.4 Å². The van der Waals surface area contributed by atoms with E-state index < -0.39 is 11.5 Å². The minimum Gasteiger partial charge on any atom is -0.375 e. The Morgan fingerprint density at radius 3 is 2.47 bits per heavy atom. The summed E-state index contributed by atoms with van der Waals surface area (Å²) in [5, 5.41) is 13.8. The second-order valence-corrected chi connectivity index (χ2v) is 10.8. The summed E-state index contributed by atoms with van der Waals surface area (Å²) in [6, 6.07) is 25.0. The Hall–Kier alpha value is -3.28. The van der Waals surface area contributed by atoms with E-state index >= 15 is 0 Å². The number of hydrogen-bond acceptors (Lipinski definition) is 3. The number of halogens is 1. The van der Waals surface area contributed by atoms with Crippen molar-refractivity contribution in [2.24, 2.45) is 0 Å². The fraction of sp³-hybridized carbons (Fsp3) is 0.226. The molecule has 5 rings (SSSR count). The highest BCUT2D eigenvalue weighted by atomic mass is 79.9. The van der Waals surface area contributed by atoms with Crippen molar-refractivity contribution in [3.8, 4) is 0 Å². The highest BCUT2D eigenvalue weighted by molar-refractivity contribution is 9.10. The molecule has 0 saturated heterocycles. The largest absolute Gasteiger partial charge is 0.375 e. The number of carbonyl (C=O) groups is 2. The lowest BCUT2D eigenvalue weighted by molar-refractivity contribution is -0.136. The van der Waals surface area contributed by atoms with Gasteiger partial charge in [0, 0.05) is 15.6 Å². The SMILES string of the molecule is Cc1ccc(C(C)C)cc1CN1C(=O)C(O)(CC(=O)c2ccc3ccccc3c2)c2cc(Br)ccc21. The summed E-state index contributed by atoms with van der Waals surface area (Å²) >= 11 is 3.47. The van der Waals surface area contributed by atoms with Crippen LogP contribution in [0, 0.1) is 6.92 Å². The molecule has 1 amide bonds. The van der Waals surface area contributed by atoms with E-state index in [1.807, 2.05) is 55.5 Å². The summed E-state index contributed by atoms with van der Waals surface area (Å²) in [6.45, 7) is 6.63. The third kappa shape index (κ3) is 4.27. The zero-order chi connectivity index (χ0) is 25.6. The molecule has 0 bridgehead atoms. The maximum atomic E-state index is 13.8. The molecule has 0 aliphatic carbocycles.